The highest BCUT2D eigenvalue weighted by Gasteiger charge is 2.27. The number of esters is 1. The number of aliphatic hydroxyl groups excluding tert-OH is 1. The molecular formula is C47H56N2O6S. The number of nitrogens with one attached hydrogen (secondary N) is 2. The number of benzene rings is 4. The van der Waals surface area contributed by atoms with Crippen LogP contribution in [0, 0.1) is 11.8 Å². The molecule has 4 aromatic carbocycles. The van der Waals surface area contributed by atoms with E-state index in [0.29, 0.717) is 31.6 Å². The van der Waals surface area contributed by atoms with Gasteiger partial charge in [-0.1, -0.05) is 115 Å². The molecule has 3 N–H and O–H groups in total. The van der Waals surface area contributed by atoms with Crippen molar-refractivity contribution in [3.63, 3.8) is 0 Å². The van der Waals surface area contributed by atoms with Crippen LogP contribution in [0.4, 0.5) is 0 Å². The van der Waals surface area contributed by atoms with Crippen molar-refractivity contribution >= 4 is 29.5 Å². The van der Waals surface area contributed by atoms with Gasteiger partial charge in [-0.15, -0.1) is 13.2 Å². The summed E-state index contributed by atoms with van der Waals surface area (Å²) in [6.45, 7) is 7.84. The molecule has 4 rings (SSSR count). The van der Waals surface area contributed by atoms with Gasteiger partial charge in [0.05, 0.1) is 30.5 Å². The van der Waals surface area contributed by atoms with Crippen molar-refractivity contribution in [3.8, 4) is 5.75 Å². The first kappa shape index (κ1) is 43.6. The number of hydrogen-bond donors (Lipinski definition) is 3. The van der Waals surface area contributed by atoms with Crippen LogP contribution in [0.2, 0.25) is 0 Å². The lowest BCUT2D eigenvalue weighted by Crippen LogP contribution is -2.46. The first-order chi connectivity index (χ1) is 27.4. The third-order valence-electron chi connectivity index (χ3n) is 9.32. The standard InChI is InChI=1S/C47H56N2O6S/c1-3-5-9-23-41(28-36-17-10-6-11-18-36)47(53)55-33-43(35-56-34-39-21-14-8-15-22-39)49-46(52)40(16-4-2)30-45(51)48-42(31-50)29-37-24-26-44(27-25-37)54-32-38-19-12-7-13-20-38/h3-4,6-8,10-15,17-22,24-27,40-43,50H,1-2,5,9,16,23,28-35H2,(H,48,51)(H,49,52)/t40-,41-,42+,43-/m1/s1. The first-order valence-electron chi connectivity index (χ1n) is 19.4. The van der Waals surface area contributed by atoms with Crippen LogP contribution in [-0.2, 0) is 44.3 Å². The molecule has 0 heterocycles. The van der Waals surface area contributed by atoms with E-state index in [1.807, 2.05) is 121 Å². The molecule has 0 aromatic heterocycles. The molecule has 2 amide bonds. The Morgan fingerprint density at radius 2 is 1.34 bits per heavy atom. The Labute approximate surface area is 336 Å². The van der Waals surface area contributed by atoms with Crippen molar-refractivity contribution in [2.45, 2.75) is 69.4 Å². The molecule has 0 fully saturated rings. The highest BCUT2D eigenvalue weighted by atomic mass is 32.2. The molecule has 0 bridgehead atoms. The summed E-state index contributed by atoms with van der Waals surface area (Å²) in [4.78, 5) is 40.6. The van der Waals surface area contributed by atoms with Gasteiger partial charge >= 0.3 is 5.97 Å². The molecule has 0 unspecified atom stereocenters. The van der Waals surface area contributed by atoms with Crippen molar-refractivity contribution in [2.75, 3.05) is 19.0 Å². The third kappa shape index (κ3) is 16.3. The number of rotatable bonds is 26. The lowest BCUT2D eigenvalue weighted by molar-refractivity contribution is -0.150. The van der Waals surface area contributed by atoms with Crippen molar-refractivity contribution in [2.24, 2.45) is 11.8 Å². The van der Waals surface area contributed by atoms with Crippen LogP contribution in [0.15, 0.2) is 141 Å². The molecule has 0 spiro atoms. The minimum atomic E-state index is -0.699. The average molecular weight is 777 g/mol. The maximum atomic E-state index is 13.8. The van der Waals surface area contributed by atoms with Gasteiger partial charge in [0.25, 0.3) is 0 Å². The second-order valence-corrected chi connectivity index (χ2v) is 15.0. The summed E-state index contributed by atoms with van der Waals surface area (Å²) >= 11 is 1.64. The zero-order chi connectivity index (χ0) is 39.8. The number of carbonyl (C=O) groups excluding carboxylic acids is 3. The Bertz CT molecular complexity index is 1750. The summed E-state index contributed by atoms with van der Waals surface area (Å²) in [5.41, 5.74) is 4.21. The monoisotopic (exact) mass is 776 g/mol. The molecule has 0 saturated carbocycles. The maximum absolute atomic E-state index is 13.8. The van der Waals surface area contributed by atoms with Gasteiger partial charge < -0.3 is 25.2 Å². The summed E-state index contributed by atoms with van der Waals surface area (Å²) in [6, 6.07) is 36.4. The predicted molar refractivity (Wildman–Crippen MR) is 226 cm³/mol. The number of hydrogen-bond acceptors (Lipinski definition) is 7. The minimum Gasteiger partial charge on any atom is -0.489 e. The van der Waals surface area contributed by atoms with Crippen LogP contribution in [0.3, 0.4) is 0 Å². The molecule has 0 radical (unpaired) electrons. The molecule has 0 aliphatic rings. The third-order valence-corrected chi connectivity index (χ3v) is 10.5. The highest BCUT2D eigenvalue weighted by molar-refractivity contribution is 7.98. The summed E-state index contributed by atoms with van der Waals surface area (Å²) in [7, 11) is 0. The van der Waals surface area contributed by atoms with Gasteiger partial charge in [0.15, 0.2) is 0 Å². The Balaban J connectivity index is 1.34. The van der Waals surface area contributed by atoms with E-state index in [4.69, 9.17) is 9.47 Å². The fraction of sp³-hybridized carbons (Fsp3) is 0.340. The molecular weight excluding hydrogens is 721 g/mol. The minimum absolute atomic E-state index is 0.00872. The fourth-order valence-corrected chi connectivity index (χ4v) is 7.27. The van der Waals surface area contributed by atoms with Gasteiger partial charge in [-0.2, -0.15) is 11.8 Å². The molecule has 8 nitrogen and oxygen atoms in total. The van der Waals surface area contributed by atoms with Crippen LogP contribution in [0.25, 0.3) is 0 Å². The van der Waals surface area contributed by atoms with Gasteiger partial charge in [-0.25, -0.2) is 0 Å². The van der Waals surface area contributed by atoms with Gasteiger partial charge in [0, 0.05) is 17.9 Å². The molecule has 296 valence electrons. The number of aliphatic hydroxyl groups is 1. The molecule has 0 saturated heterocycles. The Kier molecular flexibility index (Phi) is 19.6. The highest BCUT2D eigenvalue weighted by Crippen LogP contribution is 2.20. The van der Waals surface area contributed by atoms with Crippen molar-refractivity contribution in [3.05, 3.63) is 163 Å². The number of amides is 2. The van der Waals surface area contributed by atoms with Crippen molar-refractivity contribution in [1.29, 1.82) is 0 Å². The van der Waals surface area contributed by atoms with Crippen LogP contribution in [-0.4, -0.2) is 53.9 Å². The number of ether oxygens (including phenoxy) is 2. The summed E-state index contributed by atoms with van der Waals surface area (Å²) < 4.78 is 11.8. The number of thioether (sulfide) groups is 1. The quantitative estimate of drug-likeness (QED) is 0.0336. The molecule has 0 aliphatic carbocycles. The van der Waals surface area contributed by atoms with Crippen molar-refractivity contribution in [1.82, 2.24) is 10.6 Å². The zero-order valence-corrected chi connectivity index (χ0v) is 33.0. The number of unbranched alkanes of at least 4 members (excludes halogenated alkanes) is 1. The van der Waals surface area contributed by atoms with Gasteiger partial charge in [0.2, 0.25) is 11.8 Å². The second kappa shape index (κ2) is 25.1. The van der Waals surface area contributed by atoms with Crippen LogP contribution < -0.4 is 15.4 Å². The van der Waals surface area contributed by atoms with E-state index >= 15 is 0 Å². The molecule has 4 atom stereocenters. The Hall–Kier alpha value is -5.12. The largest absolute Gasteiger partial charge is 0.489 e. The average Bonchev–Trinajstić information content (AvgIpc) is 3.22. The fourth-order valence-electron chi connectivity index (χ4n) is 6.26. The van der Waals surface area contributed by atoms with Gasteiger partial charge in [-0.05, 0) is 72.9 Å². The molecule has 56 heavy (non-hydrogen) atoms. The lowest BCUT2D eigenvalue weighted by Gasteiger charge is -2.24. The molecule has 9 heteroatoms. The SMILES string of the molecule is C=CCCC[C@H](Cc1ccccc1)C(=O)OC[C@H](CSCc1ccccc1)NC(=O)[C@H](CC=C)CC(=O)N[C@H](CO)Cc1ccc(OCc2ccccc2)cc1. The van der Waals surface area contributed by atoms with E-state index in [1.54, 1.807) is 17.8 Å². The number of carbonyl (C=O) groups is 3. The predicted octanol–water partition coefficient (Wildman–Crippen LogP) is 8.04. The lowest BCUT2D eigenvalue weighted by atomic mass is 9.94. The maximum Gasteiger partial charge on any atom is 0.309 e. The topological polar surface area (TPSA) is 114 Å². The van der Waals surface area contributed by atoms with Crippen LogP contribution in [0.5, 0.6) is 5.75 Å². The van der Waals surface area contributed by atoms with E-state index in [2.05, 4.69) is 23.8 Å². The van der Waals surface area contributed by atoms with Crippen LogP contribution >= 0.6 is 11.8 Å². The van der Waals surface area contributed by atoms with Crippen LogP contribution in [0.1, 0.15) is 54.4 Å². The van der Waals surface area contributed by atoms with E-state index in [1.165, 1.54) is 0 Å². The Morgan fingerprint density at radius 3 is 1.96 bits per heavy atom. The van der Waals surface area contributed by atoms with Crippen molar-refractivity contribution < 1.29 is 29.0 Å². The molecule has 4 aromatic rings. The van der Waals surface area contributed by atoms with E-state index in [-0.39, 0.29) is 49.8 Å². The summed E-state index contributed by atoms with van der Waals surface area (Å²) in [5.74, 6) is -0.0337. The van der Waals surface area contributed by atoms with E-state index in [0.717, 1.165) is 46.6 Å². The molecule has 0 aliphatic heterocycles. The van der Waals surface area contributed by atoms with Gasteiger partial charge in [0.1, 0.15) is 19.0 Å². The van der Waals surface area contributed by atoms with E-state index < -0.39 is 18.0 Å². The second-order valence-electron chi connectivity index (χ2n) is 13.9. The first-order valence-corrected chi connectivity index (χ1v) is 20.5. The summed E-state index contributed by atoms with van der Waals surface area (Å²) in [5, 5.41) is 16.1. The van der Waals surface area contributed by atoms with E-state index in [9.17, 15) is 19.5 Å². The normalized spacial score (nSPS) is 13.0. The smallest absolute Gasteiger partial charge is 0.309 e. The summed E-state index contributed by atoms with van der Waals surface area (Å²) in [6.07, 6.45) is 6.93. The Morgan fingerprint density at radius 1 is 0.714 bits per heavy atom. The number of allylic oxidation sites excluding steroid dienone is 2. The van der Waals surface area contributed by atoms with Gasteiger partial charge in [-0.3, -0.25) is 14.4 Å². The zero-order valence-electron chi connectivity index (χ0n) is 32.2.